The standard InChI is InChI=1S/C10H21N3O3S/c1-7(17(4)16)5-6-12-9(14)10(2,3)8(11)13-15/h7,15H,5-6H2,1-4H3,(H2,11,13)(H,12,14). The molecule has 0 aliphatic heterocycles. The molecule has 2 atom stereocenters. The highest BCUT2D eigenvalue weighted by atomic mass is 32.2. The first-order chi connectivity index (χ1) is 7.73. The second-order valence-corrected chi connectivity index (χ2v) is 6.27. The largest absolute Gasteiger partial charge is 0.409 e. The zero-order chi connectivity index (χ0) is 13.6. The van der Waals surface area contributed by atoms with Gasteiger partial charge in [-0.15, -0.1) is 0 Å². The van der Waals surface area contributed by atoms with Crippen molar-refractivity contribution in [3.63, 3.8) is 0 Å². The Labute approximate surface area is 104 Å². The van der Waals surface area contributed by atoms with E-state index in [-0.39, 0.29) is 17.0 Å². The topological polar surface area (TPSA) is 105 Å². The molecule has 0 spiro atoms. The lowest BCUT2D eigenvalue weighted by Gasteiger charge is -2.22. The monoisotopic (exact) mass is 263 g/mol. The number of carbonyl (C=O) groups excluding carboxylic acids is 1. The van der Waals surface area contributed by atoms with Crippen molar-refractivity contribution in [2.24, 2.45) is 16.3 Å². The summed E-state index contributed by atoms with van der Waals surface area (Å²) in [6, 6.07) is 0. The summed E-state index contributed by atoms with van der Waals surface area (Å²) in [5, 5.41) is 14.1. The smallest absolute Gasteiger partial charge is 0.233 e. The van der Waals surface area contributed by atoms with Crippen LogP contribution in [-0.2, 0) is 15.6 Å². The normalized spacial score (nSPS) is 16.4. The van der Waals surface area contributed by atoms with E-state index in [2.05, 4.69) is 10.5 Å². The van der Waals surface area contributed by atoms with E-state index in [0.717, 1.165) is 0 Å². The third kappa shape index (κ3) is 4.72. The fourth-order valence-electron chi connectivity index (χ4n) is 1.02. The van der Waals surface area contributed by atoms with Gasteiger partial charge in [0.1, 0.15) is 5.41 Å². The van der Waals surface area contributed by atoms with E-state index in [4.69, 9.17) is 10.9 Å². The molecule has 2 unspecified atom stereocenters. The van der Waals surface area contributed by atoms with Gasteiger partial charge in [0.2, 0.25) is 5.91 Å². The molecule has 0 saturated carbocycles. The van der Waals surface area contributed by atoms with Crippen LogP contribution in [0.1, 0.15) is 27.2 Å². The molecule has 0 radical (unpaired) electrons. The molecule has 0 heterocycles. The van der Waals surface area contributed by atoms with E-state index < -0.39 is 16.2 Å². The molecule has 6 nitrogen and oxygen atoms in total. The van der Waals surface area contributed by atoms with Crippen LogP contribution in [0, 0.1) is 5.41 Å². The third-order valence-corrected chi connectivity index (χ3v) is 4.09. The summed E-state index contributed by atoms with van der Waals surface area (Å²) >= 11 is 0. The predicted octanol–water partition coefficient (Wildman–Crippen LogP) is 0.0323. The average Bonchev–Trinajstić information content (AvgIpc) is 2.27. The van der Waals surface area contributed by atoms with Crippen molar-refractivity contribution in [3.8, 4) is 0 Å². The lowest BCUT2D eigenvalue weighted by molar-refractivity contribution is -0.126. The van der Waals surface area contributed by atoms with Gasteiger partial charge in [0, 0.05) is 28.9 Å². The molecule has 0 bridgehead atoms. The van der Waals surface area contributed by atoms with Crippen LogP contribution in [0.25, 0.3) is 0 Å². The molecule has 0 aromatic heterocycles. The molecule has 100 valence electrons. The minimum Gasteiger partial charge on any atom is -0.409 e. The van der Waals surface area contributed by atoms with E-state index in [1.807, 2.05) is 6.92 Å². The van der Waals surface area contributed by atoms with E-state index in [1.165, 1.54) is 0 Å². The van der Waals surface area contributed by atoms with Gasteiger partial charge in [-0.25, -0.2) is 0 Å². The Balaban J connectivity index is 4.24. The van der Waals surface area contributed by atoms with Gasteiger partial charge in [-0.05, 0) is 20.3 Å². The molecule has 17 heavy (non-hydrogen) atoms. The van der Waals surface area contributed by atoms with Crippen LogP contribution >= 0.6 is 0 Å². The summed E-state index contributed by atoms with van der Waals surface area (Å²) in [5.41, 5.74) is 4.37. The first-order valence-electron chi connectivity index (χ1n) is 5.32. The fourth-order valence-corrected chi connectivity index (χ4v) is 1.47. The number of nitrogens with two attached hydrogens (primary N) is 1. The Morgan fingerprint density at radius 1 is 1.59 bits per heavy atom. The second-order valence-electron chi connectivity index (χ2n) is 4.46. The Bertz CT molecular complexity index is 329. The van der Waals surface area contributed by atoms with E-state index in [9.17, 15) is 9.00 Å². The molecule has 0 aromatic rings. The molecule has 0 aromatic carbocycles. The highest BCUT2D eigenvalue weighted by Crippen LogP contribution is 2.15. The van der Waals surface area contributed by atoms with Crippen molar-refractivity contribution in [3.05, 3.63) is 0 Å². The van der Waals surface area contributed by atoms with Gasteiger partial charge < -0.3 is 16.3 Å². The van der Waals surface area contributed by atoms with Crippen LogP contribution in [0.5, 0.6) is 0 Å². The Kier molecular flexibility index (Phi) is 6.15. The van der Waals surface area contributed by atoms with Gasteiger partial charge in [-0.2, -0.15) is 0 Å². The van der Waals surface area contributed by atoms with Crippen molar-refractivity contribution in [1.29, 1.82) is 0 Å². The van der Waals surface area contributed by atoms with Crippen molar-refractivity contribution in [2.45, 2.75) is 32.4 Å². The molecule has 0 aliphatic carbocycles. The van der Waals surface area contributed by atoms with Gasteiger partial charge in [-0.1, -0.05) is 12.1 Å². The zero-order valence-electron chi connectivity index (χ0n) is 10.7. The van der Waals surface area contributed by atoms with Crippen molar-refractivity contribution >= 4 is 22.5 Å². The first-order valence-corrected chi connectivity index (χ1v) is 6.94. The number of hydrogen-bond acceptors (Lipinski definition) is 4. The maximum Gasteiger partial charge on any atom is 0.233 e. The molecular formula is C10H21N3O3S. The molecule has 0 rings (SSSR count). The number of hydrogen-bond donors (Lipinski definition) is 3. The SMILES string of the molecule is CC(CCNC(=O)C(C)(C)C(N)=NO)S(C)=O. The highest BCUT2D eigenvalue weighted by molar-refractivity contribution is 7.84. The quantitative estimate of drug-likeness (QED) is 0.272. The van der Waals surface area contributed by atoms with E-state index >= 15 is 0 Å². The van der Waals surface area contributed by atoms with Crippen LogP contribution in [-0.4, -0.2) is 39.2 Å². The molecule has 1 amide bonds. The van der Waals surface area contributed by atoms with Crippen molar-refractivity contribution in [2.75, 3.05) is 12.8 Å². The highest BCUT2D eigenvalue weighted by Gasteiger charge is 2.32. The minimum atomic E-state index is -1.05. The van der Waals surface area contributed by atoms with Gasteiger partial charge >= 0.3 is 0 Å². The van der Waals surface area contributed by atoms with Crippen LogP contribution in [0.4, 0.5) is 0 Å². The first kappa shape index (κ1) is 15.9. The number of oxime groups is 1. The Morgan fingerprint density at radius 2 is 2.12 bits per heavy atom. The van der Waals surface area contributed by atoms with E-state index in [0.29, 0.717) is 13.0 Å². The molecule has 0 fully saturated rings. The number of nitrogens with zero attached hydrogens (tertiary/aromatic N) is 1. The average molecular weight is 263 g/mol. The summed E-state index contributed by atoms with van der Waals surface area (Å²) in [7, 11) is -0.896. The van der Waals surface area contributed by atoms with Crippen LogP contribution in [0.3, 0.4) is 0 Å². The molecule has 4 N–H and O–H groups in total. The lowest BCUT2D eigenvalue weighted by Crippen LogP contribution is -2.46. The maximum atomic E-state index is 11.8. The third-order valence-electron chi connectivity index (χ3n) is 2.72. The number of rotatable bonds is 6. The summed E-state index contributed by atoms with van der Waals surface area (Å²) in [6.45, 7) is 5.41. The maximum absolute atomic E-state index is 11.8. The zero-order valence-corrected chi connectivity index (χ0v) is 11.5. The van der Waals surface area contributed by atoms with Crippen molar-refractivity contribution < 1.29 is 14.2 Å². The van der Waals surface area contributed by atoms with Gasteiger partial charge in [-0.3, -0.25) is 9.00 Å². The second kappa shape index (κ2) is 6.58. The van der Waals surface area contributed by atoms with Crippen LogP contribution in [0.15, 0.2) is 5.16 Å². The van der Waals surface area contributed by atoms with Gasteiger partial charge in [0.15, 0.2) is 5.84 Å². The van der Waals surface area contributed by atoms with Gasteiger partial charge in [0.25, 0.3) is 0 Å². The van der Waals surface area contributed by atoms with Gasteiger partial charge in [0.05, 0.1) is 0 Å². The Hall–Kier alpha value is -1.11. The number of nitrogens with one attached hydrogen (secondary N) is 1. The fraction of sp³-hybridized carbons (Fsp3) is 0.800. The Morgan fingerprint density at radius 3 is 2.53 bits per heavy atom. The number of carbonyl (C=O) groups is 1. The number of amides is 1. The van der Waals surface area contributed by atoms with Crippen LogP contribution in [0.2, 0.25) is 0 Å². The lowest BCUT2D eigenvalue weighted by atomic mass is 9.91. The predicted molar refractivity (Wildman–Crippen MR) is 68.3 cm³/mol. The molecular weight excluding hydrogens is 242 g/mol. The van der Waals surface area contributed by atoms with Crippen molar-refractivity contribution in [1.82, 2.24) is 5.32 Å². The summed E-state index contributed by atoms with van der Waals surface area (Å²) in [5.74, 6) is -0.455. The molecule has 0 aliphatic rings. The number of amidine groups is 1. The van der Waals surface area contributed by atoms with E-state index in [1.54, 1.807) is 20.1 Å². The summed E-state index contributed by atoms with van der Waals surface area (Å²) in [6.07, 6.45) is 2.26. The molecule has 0 saturated heterocycles. The summed E-state index contributed by atoms with van der Waals surface area (Å²) < 4.78 is 11.1. The minimum absolute atomic E-state index is 0.0299. The van der Waals surface area contributed by atoms with Crippen LogP contribution < -0.4 is 11.1 Å². The summed E-state index contributed by atoms with van der Waals surface area (Å²) in [4.78, 5) is 11.8. The molecule has 7 heteroatoms.